The highest BCUT2D eigenvalue weighted by Crippen LogP contribution is 2.49. The molecule has 3 heteroatoms. The second-order valence-electron chi connectivity index (χ2n) is 10.2. The monoisotopic (exact) mass is 442 g/mol. The third-order valence-electron chi connectivity index (χ3n) is 6.26. The lowest BCUT2D eigenvalue weighted by atomic mass is 9.61. The molecule has 1 aromatic rings. The Morgan fingerprint density at radius 2 is 1.69 bits per heavy atom. The third-order valence-corrected chi connectivity index (χ3v) is 6.26. The zero-order valence-electron chi connectivity index (χ0n) is 21.3. The molecule has 0 saturated carbocycles. The van der Waals surface area contributed by atoms with E-state index in [0.29, 0.717) is 19.6 Å². The molecule has 0 radical (unpaired) electrons. The zero-order valence-corrected chi connectivity index (χ0v) is 21.3. The van der Waals surface area contributed by atoms with Gasteiger partial charge in [-0.1, -0.05) is 70.7 Å². The van der Waals surface area contributed by atoms with Crippen molar-refractivity contribution in [2.24, 2.45) is 16.7 Å². The van der Waals surface area contributed by atoms with Gasteiger partial charge in [-0.25, -0.2) is 0 Å². The molecule has 180 valence electrons. The number of benzene rings is 1. The van der Waals surface area contributed by atoms with E-state index < -0.39 is 0 Å². The standard InChI is InChI=1S/C29H46O3/c1-8-10-16-21-28(4,5)27(24(3)31-9-2)29(6,7)23-26(30)32-22-17-12-15-20-25-18-13-11-14-19-25/h8,11,13-14,18-19,27H,1,3,9-10,12,15-17,20-23H2,2,4-7H3. The Morgan fingerprint density at radius 1 is 1.00 bits per heavy atom. The second kappa shape index (κ2) is 14.2. The van der Waals surface area contributed by atoms with E-state index >= 15 is 0 Å². The third kappa shape index (κ3) is 10.1. The summed E-state index contributed by atoms with van der Waals surface area (Å²) in [4.78, 5) is 12.7. The molecular formula is C29H46O3. The van der Waals surface area contributed by atoms with Crippen molar-refractivity contribution >= 4 is 5.97 Å². The molecule has 0 aliphatic rings. The number of allylic oxidation sites excluding steroid dienone is 2. The van der Waals surface area contributed by atoms with Gasteiger partial charge in [-0.3, -0.25) is 4.79 Å². The number of carbonyl (C=O) groups is 1. The van der Waals surface area contributed by atoms with Crippen LogP contribution in [0.1, 0.15) is 85.1 Å². The molecule has 0 aromatic heterocycles. The van der Waals surface area contributed by atoms with Crippen LogP contribution in [-0.2, 0) is 20.7 Å². The van der Waals surface area contributed by atoms with Crippen LogP contribution in [-0.4, -0.2) is 19.2 Å². The molecule has 0 bridgehead atoms. The minimum absolute atomic E-state index is 0.0452. The summed E-state index contributed by atoms with van der Waals surface area (Å²) in [5.41, 5.74) is 1.01. The van der Waals surface area contributed by atoms with Gasteiger partial charge in [0, 0.05) is 5.92 Å². The Morgan fingerprint density at radius 3 is 2.31 bits per heavy atom. The summed E-state index contributed by atoms with van der Waals surface area (Å²) >= 11 is 0. The molecule has 0 saturated heterocycles. The number of hydrogen-bond acceptors (Lipinski definition) is 3. The van der Waals surface area contributed by atoms with Crippen molar-refractivity contribution in [2.45, 2.75) is 86.0 Å². The van der Waals surface area contributed by atoms with Gasteiger partial charge >= 0.3 is 5.97 Å². The van der Waals surface area contributed by atoms with E-state index in [1.54, 1.807) is 0 Å². The summed E-state index contributed by atoms with van der Waals surface area (Å²) in [6.07, 6.45) is 9.55. The van der Waals surface area contributed by atoms with Gasteiger partial charge < -0.3 is 9.47 Å². The van der Waals surface area contributed by atoms with Gasteiger partial charge in [0.05, 0.1) is 25.4 Å². The Balaban J connectivity index is 2.56. The van der Waals surface area contributed by atoms with E-state index in [0.717, 1.165) is 50.7 Å². The first-order chi connectivity index (χ1) is 15.1. The average molecular weight is 443 g/mol. The van der Waals surface area contributed by atoms with Crippen LogP contribution in [0.2, 0.25) is 0 Å². The lowest BCUT2D eigenvalue weighted by molar-refractivity contribution is -0.147. The maximum Gasteiger partial charge on any atom is 0.306 e. The normalized spacial score (nSPS) is 12.8. The smallest absolute Gasteiger partial charge is 0.306 e. The van der Waals surface area contributed by atoms with E-state index in [-0.39, 0.29) is 22.7 Å². The second-order valence-corrected chi connectivity index (χ2v) is 10.2. The van der Waals surface area contributed by atoms with Crippen molar-refractivity contribution in [3.63, 3.8) is 0 Å². The van der Waals surface area contributed by atoms with Crippen LogP contribution in [0.25, 0.3) is 0 Å². The number of rotatable bonds is 17. The van der Waals surface area contributed by atoms with Crippen molar-refractivity contribution in [3.05, 3.63) is 60.9 Å². The average Bonchev–Trinajstić information content (AvgIpc) is 2.70. The van der Waals surface area contributed by atoms with Crippen LogP contribution < -0.4 is 0 Å². The molecule has 1 aromatic carbocycles. The molecule has 0 amide bonds. The molecule has 32 heavy (non-hydrogen) atoms. The van der Waals surface area contributed by atoms with Crippen LogP contribution in [0.4, 0.5) is 0 Å². The summed E-state index contributed by atoms with van der Waals surface area (Å²) < 4.78 is 11.5. The molecule has 0 aliphatic heterocycles. The minimum atomic E-state index is -0.311. The maximum absolute atomic E-state index is 12.7. The fraction of sp³-hybridized carbons (Fsp3) is 0.621. The van der Waals surface area contributed by atoms with E-state index in [4.69, 9.17) is 9.47 Å². The lowest BCUT2D eigenvalue weighted by Gasteiger charge is -2.45. The highest BCUT2D eigenvalue weighted by Gasteiger charge is 2.44. The number of ether oxygens (including phenoxy) is 2. The van der Waals surface area contributed by atoms with Gasteiger partial charge in [-0.15, -0.1) is 6.58 Å². The van der Waals surface area contributed by atoms with E-state index in [1.807, 2.05) is 19.1 Å². The Kier molecular flexibility index (Phi) is 12.4. The van der Waals surface area contributed by atoms with E-state index in [1.165, 1.54) is 5.56 Å². The first-order valence-electron chi connectivity index (χ1n) is 12.3. The summed E-state index contributed by atoms with van der Waals surface area (Å²) in [7, 11) is 0. The lowest BCUT2D eigenvalue weighted by Crippen LogP contribution is -2.40. The van der Waals surface area contributed by atoms with Crippen molar-refractivity contribution in [1.82, 2.24) is 0 Å². The summed E-state index contributed by atoms with van der Waals surface area (Å²) in [5, 5.41) is 0. The number of aryl methyl sites for hydroxylation is 1. The van der Waals surface area contributed by atoms with Crippen LogP contribution in [0, 0.1) is 16.7 Å². The molecule has 1 unspecified atom stereocenters. The SMILES string of the molecule is C=CCCCC(C)(C)C(C(=C)OCC)C(C)(C)CC(=O)OCCCCCc1ccccc1. The fourth-order valence-corrected chi connectivity index (χ4v) is 5.01. The van der Waals surface area contributed by atoms with Crippen LogP contribution in [0.15, 0.2) is 55.3 Å². The molecule has 1 atom stereocenters. The molecule has 0 spiro atoms. The maximum atomic E-state index is 12.7. The van der Waals surface area contributed by atoms with E-state index in [9.17, 15) is 4.79 Å². The summed E-state index contributed by atoms with van der Waals surface area (Å²) in [6.45, 7) is 19.9. The van der Waals surface area contributed by atoms with Crippen LogP contribution in [0.5, 0.6) is 0 Å². The highest BCUT2D eigenvalue weighted by atomic mass is 16.5. The van der Waals surface area contributed by atoms with Crippen LogP contribution in [0.3, 0.4) is 0 Å². The molecule has 0 fully saturated rings. The molecule has 3 nitrogen and oxygen atoms in total. The highest BCUT2D eigenvalue weighted by molar-refractivity contribution is 5.70. The predicted molar refractivity (Wildman–Crippen MR) is 135 cm³/mol. The first-order valence-corrected chi connectivity index (χ1v) is 12.3. The largest absolute Gasteiger partial charge is 0.499 e. The minimum Gasteiger partial charge on any atom is -0.499 e. The van der Waals surface area contributed by atoms with Gasteiger partial charge in [-0.05, 0) is 68.3 Å². The number of hydrogen-bond donors (Lipinski definition) is 0. The Bertz CT molecular complexity index is 688. The number of esters is 1. The zero-order chi connectivity index (χ0) is 24.0. The van der Waals surface area contributed by atoms with Crippen molar-refractivity contribution < 1.29 is 14.3 Å². The van der Waals surface area contributed by atoms with Crippen molar-refractivity contribution in [3.8, 4) is 0 Å². The van der Waals surface area contributed by atoms with Gasteiger partial charge in [0.15, 0.2) is 0 Å². The molecule has 0 aliphatic carbocycles. The molecule has 0 heterocycles. The van der Waals surface area contributed by atoms with Crippen molar-refractivity contribution in [1.29, 1.82) is 0 Å². The van der Waals surface area contributed by atoms with Gasteiger partial charge in [-0.2, -0.15) is 0 Å². The molecule has 1 rings (SSSR count). The number of carbonyl (C=O) groups excluding carboxylic acids is 1. The summed E-state index contributed by atoms with van der Waals surface area (Å²) in [5.74, 6) is 0.697. The first kappa shape index (κ1) is 28.0. The molecular weight excluding hydrogens is 396 g/mol. The van der Waals surface area contributed by atoms with Crippen molar-refractivity contribution in [2.75, 3.05) is 13.2 Å². The van der Waals surface area contributed by atoms with Gasteiger partial charge in [0.2, 0.25) is 0 Å². The van der Waals surface area contributed by atoms with Gasteiger partial charge in [0.25, 0.3) is 0 Å². The molecule has 0 N–H and O–H groups in total. The number of unbranched alkanes of at least 4 members (excludes halogenated alkanes) is 3. The van der Waals surface area contributed by atoms with Gasteiger partial charge in [0.1, 0.15) is 0 Å². The Hall–Kier alpha value is -2.03. The van der Waals surface area contributed by atoms with Crippen LogP contribution >= 0.6 is 0 Å². The topological polar surface area (TPSA) is 35.5 Å². The summed E-state index contributed by atoms with van der Waals surface area (Å²) in [6, 6.07) is 10.5. The predicted octanol–water partition coefficient (Wildman–Crippen LogP) is 7.91. The Labute approximate surface area is 197 Å². The van der Waals surface area contributed by atoms with E-state index in [2.05, 4.69) is 65.1 Å². The quantitative estimate of drug-likeness (QED) is 0.106. The fourth-order valence-electron chi connectivity index (χ4n) is 5.01.